The SMILES string of the molecule is C=CC(=O)OC(C)(CC)C(C)COC(C)C. The first kappa shape index (κ1) is 15.2. The Balaban J connectivity index is 4.42. The molecule has 0 N–H and O–H groups in total. The van der Waals surface area contributed by atoms with Gasteiger partial charge in [-0.15, -0.1) is 0 Å². The molecule has 0 saturated carbocycles. The van der Waals surface area contributed by atoms with Crippen LogP contribution in [0.3, 0.4) is 0 Å². The number of rotatable bonds is 7. The monoisotopic (exact) mass is 228 g/mol. The zero-order valence-corrected chi connectivity index (χ0v) is 11.1. The maximum Gasteiger partial charge on any atom is 0.330 e. The second-order valence-electron chi connectivity index (χ2n) is 4.57. The van der Waals surface area contributed by atoms with Crippen molar-refractivity contribution in [1.29, 1.82) is 0 Å². The van der Waals surface area contributed by atoms with Crippen LogP contribution in [-0.4, -0.2) is 24.3 Å². The van der Waals surface area contributed by atoms with Gasteiger partial charge in [0.15, 0.2) is 0 Å². The molecule has 0 saturated heterocycles. The fraction of sp³-hybridized carbons (Fsp3) is 0.769. The van der Waals surface area contributed by atoms with Crippen LogP contribution in [0.25, 0.3) is 0 Å². The van der Waals surface area contributed by atoms with Gasteiger partial charge in [-0.1, -0.05) is 20.4 Å². The minimum atomic E-state index is -0.486. The highest BCUT2D eigenvalue weighted by atomic mass is 16.6. The summed E-state index contributed by atoms with van der Waals surface area (Å²) in [5.74, 6) is -0.218. The van der Waals surface area contributed by atoms with Crippen molar-refractivity contribution in [2.75, 3.05) is 6.61 Å². The fourth-order valence-electron chi connectivity index (χ4n) is 1.31. The van der Waals surface area contributed by atoms with Crippen LogP contribution < -0.4 is 0 Å². The molecule has 0 bridgehead atoms. The summed E-state index contributed by atoms with van der Waals surface area (Å²) < 4.78 is 10.9. The number of hydrogen-bond donors (Lipinski definition) is 0. The molecule has 16 heavy (non-hydrogen) atoms. The number of esters is 1. The van der Waals surface area contributed by atoms with Crippen molar-refractivity contribution in [2.24, 2.45) is 5.92 Å². The van der Waals surface area contributed by atoms with E-state index in [-0.39, 0.29) is 18.0 Å². The number of ether oxygens (including phenoxy) is 2. The van der Waals surface area contributed by atoms with Crippen LogP contribution in [0.1, 0.15) is 41.0 Å². The summed E-state index contributed by atoms with van der Waals surface area (Å²) in [6, 6.07) is 0. The summed E-state index contributed by atoms with van der Waals surface area (Å²) in [5, 5.41) is 0. The smallest absolute Gasteiger partial charge is 0.330 e. The standard InChI is InChI=1S/C13H24O3/c1-7-12(14)16-13(6,8-2)11(5)9-15-10(3)4/h7,10-11H,1,8-9H2,2-6H3. The summed E-state index contributed by atoms with van der Waals surface area (Å²) in [4.78, 5) is 11.2. The van der Waals surface area contributed by atoms with Crippen molar-refractivity contribution in [3.8, 4) is 0 Å². The van der Waals surface area contributed by atoms with Crippen LogP contribution in [0.5, 0.6) is 0 Å². The topological polar surface area (TPSA) is 35.5 Å². The molecule has 0 rings (SSSR count). The van der Waals surface area contributed by atoms with Crippen molar-refractivity contribution >= 4 is 5.97 Å². The molecule has 0 radical (unpaired) electrons. The number of carbonyl (C=O) groups is 1. The first-order chi connectivity index (χ1) is 7.35. The molecule has 0 aromatic heterocycles. The Morgan fingerprint density at radius 3 is 2.38 bits per heavy atom. The zero-order chi connectivity index (χ0) is 12.8. The first-order valence-electron chi connectivity index (χ1n) is 5.82. The Morgan fingerprint density at radius 1 is 1.44 bits per heavy atom. The fourth-order valence-corrected chi connectivity index (χ4v) is 1.31. The highest BCUT2D eigenvalue weighted by Crippen LogP contribution is 2.26. The van der Waals surface area contributed by atoms with E-state index in [1.807, 2.05) is 34.6 Å². The Labute approximate surface area is 98.8 Å². The summed E-state index contributed by atoms with van der Waals surface area (Å²) in [7, 11) is 0. The van der Waals surface area contributed by atoms with E-state index < -0.39 is 5.60 Å². The van der Waals surface area contributed by atoms with Crippen molar-refractivity contribution in [3.05, 3.63) is 12.7 Å². The minimum Gasteiger partial charge on any atom is -0.456 e. The lowest BCUT2D eigenvalue weighted by Gasteiger charge is -2.34. The predicted octanol–water partition coefficient (Wildman–Crippen LogP) is 2.95. The van der Waals surface area contributed by atoms with Gasteiger partial charge in [0.2, 0.25) is 0 Å². The normalized spacial score (nSPS) is 16.6. The third-order valence-corrected chi connectivity index (χ3v) is 2.92. The van der Waals surface area contributed by atoms with E-state index in [1.54, 1.807) is 0 Å². The van der Waals surface area contributed by atoms with Crippen LogP contribution in [0.4, 0.5) is 0 Å². The lowest BCUT2D eigenvalue weighted by atomic mass is 9.88. The van der Waals surface area contributed by atoms with Crippen LogP contribution in [0, 0.1) is 5.92 Å². The van der Waals surface area contributed by atoms with E-state index in [9.17, 15) is 4.79 Å². The van der Waals surface area contributed by atoms with Gasteiger partial charge in [-0.05, 0) is 27.2 Å². The molecule has 0 aliphatic rings. The van der Waals surface area contributed by atoms with E-state index in [0.717, 1.165) is 6.42 Å². The average molecular weight is 228 g/mol. The average Bonchev–Trinajstić information content (AvgIpc) is 2.25. The van der Waals surface area contributed by atoms with Gasteiger partial charge < -0.3 is 9.47 Å². The highest BCUT2D eigenvalue weighted by Gasteiger charge is 2.33. The first-order valence-corrected chi connectivity index (χ1v) is 5.82. The Kier molecular flexibility index (Phi) is 6.34. The molecule has 94 valence electrons. The number of carbonyl (C=O) groups excluding carboxylic acids is 1. The molecular weight excluding hydrogens is 204 g/mol. The van der Waals surface area contributed by atoms with Crippen molar-refractivity contribution < 1.29 is 14.3 Å². The third-order valence-electron chi connectivity index (χ3n) is 2.92. The third kappa shape index (κ3) is 4.79. The largest absolute Gasteiger partial charge is 0.456 e. The van der Waals surface area contributed by atoms with E-state index in [1.165, 1.54) is 6.08 Å². The molecule has 0 aliphatic carbocycles. The van der Waals surface area contributed by atoms with Gasteiger partial charge >= 0.3 is 5.97 Å². The summed E-state index contributed by atoms with van der Waals surface area (Å²) in [6.45, 7) is 13.9. The van der Waals surface area contributed by atoms with Crippen LogP contribution in [0.15, 0.2) is 12.7 Å². The van der Waals surface area contributed by atoms with Gasteiger partial charge in [0.05, 0.1) is 12.7 Å². The molecule has 0 fully saturated rings. The maximum absolute atomic E-state index is 11.2. The lowest BCUT2D eigenvalue weighted by molar-refractivity contribution is -0.160. The van der Waals surface area contributed by atoms with Crippen LogP contribution >= 0.6 is 0 Å². The highest BCUT2D eigenvalue weighted by molar-refractivity contribution is 5.81. The maximum atomic E-state index is 11.2. The van der Waals surface area contributed by atoms with E-state index >= 15 is 0 Å². The summed E-state index contributed by atoms with van der Waals surface area (Å²) >= 11 is 0. The Bertz CT molecular complexity index is 235. The molecule has 3 heteroatoms. The van der Waals surface area contributed by atoms with Gasteiger partial charge in [-0.3, -0.25) is 0 Å². The molecule has 0 amide bonds. The minimum absolute atomic E-state index is 0.156. The number of hydrogen-bond acceptors (Lipinski definition) is 3. The molecule has 3 nitrogen and oxygen atoms in total. The molecular formula is C13H24O3. The van der Waals surface area contributed by atoms with Gasteiger partial charge in [0, 0.05) is 12.0 Å². The summed E-state index contributed by atoms with van der Waals surface area (Å²) in [5.41, 5.74) is -0.486. The van der Waals surface area contributed by atoms with Gasteiger partial charge in [-0.25, -0.2) is 4.79 Å². The summed E-state index contributed by atoms with van der Waals surface area (Å²) in [6.07, 6.45) is 2.15. The second kappa shape index (κ2) is 6.69. The van der Waals surface area contributed by atoms with Gasteiger partial charge in [0.25, 0.3) is 0 Å². The van der Waals surface area contributed by atoms with Gasteiger partial charge in [-0.2, -0.15) is 0 Å². The van der Waals surface area contributed by atoms with E-state index in [2.05, 4.69) is 6.58 Å². The quantitative estimate of drug-likeness (QED) is 0.496. The molecule has 0 aliphatic heterocycles. The Hall–Kier alpha value is -0.830. The van der Waals surface area contributed by atoms with Gasteiger partial charge in [0.1, 0.15) is 5.60 Å². The predicted molar refractivity (Wildman–Crippen MR) is 65.2 cm³/mol. The molecule has 0 aromatic carbocycles. The molecule has 2 unspecified atom stereocenters. The zero-order valence-electron chi connectivity index (χ0n) is 11.1. The molecule has 0 aromatic rings. The van der Waals surface area contributed by atoms with Crippen LogP contribution in [0.2, 0.25) is 0 Å². The van der Waals surface area contributed by atoms with Crippen molar-refractivity contribution in [2.45, 2.75) is 52.7 Å². The second-order valence-corrected chi connectivity index (χ2v) is 4.57. The van der Waals surface area contributed by atoms with Crippen LogP contribution in [-0.2, 0) is 14.3 Å². The van der Waals surface area contributed by atoms with Crippen molar-refractivity contribution in [3.63, 3.8) is 0 Å². The molecule has 2 atom stereocenters. The lowest BCUT2D eigenvalue weighted by Crippen LogP contribution is -2.40. The Morgan fingerprint density at radius 2 is 2.00 bits per heavy atom. The van der Waals surface area contributed by atoms with E-state index in [0.29, 0.717) is 6.61 Å². The van der Waals surface area contributed by atoms with Crippen molar-refractivity contribution in [1.82, 2.24) is 0 Å². The molecule has 0 spiro atoms. The molecule has 0 heterocycles. The van der Waals surface area contributed by atoms with E-state index in [4.69, 9.17) is 9.47 Å².